The number of rotatable bonds is 3. The smallest absolute Gasteiger partial charge is 0.271 e. The molecule has 2 aliphatic rings. The Kier molecular flexibility index (Phi) is 5.04. The summed E-state index contributed by atoms with van der Waals surface area (Å²) in [4.78, 5) is 24.5. The van der Waals surface area contributed by atoms with Crippen LogP contribution >= 0.6 is 23.2 Å². The molecule has 1 fully saturated rings. The third-order valence-corrected chi connectivity index (χ3v) is 6.35. The Morgan fingerprint density at radius 2 is 2.04 bits per heavy atom. The number of carbonyl (C=O) groups is 2. The minimum atomic E-state index is -3.16. The van der Waals surface area contributed by atoms with Crippen LogP contribution in [0, 0.1) is 0 Å². The van der Waals surface area contributed by atoms with Gasteiger partial charge in [-0.15, -0.1) is 0 Å². The van der Waals surface area contributed by atoms with Crippen LogP contribution in [0.2, 0.25) is 10.0 Å². The van der Waals surface area contributed by atoms with Gasteiger partial charge >= 0.3 is 0 Å². The Morgan fingerprint density at radius 3 is 2.68 bits per heavy atom. The standard InChI is InChI=1S/C15H15Cl2N3O4S/c16-9-1-2-12(11(17)7-9)18-15(22)13-3-4-14(21)20(19-13)10-5-6-25(23,24)8-10/h1-2,7,10H,3-6,8H2,(H,18,22)/t10-/m0/s1. The van der Waals surface area contributed by atoms with Gasteiger partial charge in [-0.1, -0.05) is 23.2 Å². The first-order valence-corrected chi connectivity index (χ1v) is 10.2. The molecule has 25 heavy (non-hydrogen) atoms. The monoisotopic (exact) mass is 403 g/mol. The van der Waals surface area contributed by atoms with Gasteiger partial charge in [-0.25, -0.2) is 13.4 Å². The largest absolute Gasteiger partial charge is 0.320 e. The van der Waals surface area contributed by atoms with Gasteiger partial charge in [0.2, 0.25) is 5.91 Å². The lowest BCUT2D eigenvalue weighted by molar-refractivity contribution is -0.133. The summed E-state index contributed by atoms with van der Waals surface area (Å²) in [6, 6.07) is 4.14. The maximum absolute atomic E-state index is 12.4. The molecule has 0 unspecified atom stereocenters. The Hall–Kier alpha value is -1.64. The number of nitrogens with zero attached hydrogens (tertiary/aromatic N) is 2. The van der Waals surface area contributed by atoms with Crippen LogP contribution in [0.4, 0.5) is 5.69 Å². The average Bonchev–Trinajstić information content (AvgIpc) is 2.90. The number of amides is 2. The first kappa shape index (κ1) is 18.2. The number of anilines is 1. The highest BCUT2D eigenvalue weighted by atomic mass is 35.5. The SMILES string of the molecule is O=C(Nc1ccc(Cl)cc1Cl)C1=NN([C@H]2CCS(=O)(=O)C2)C(=O)CC1. The van der Waals surface area contributed by atoms with Crippen LogP contribution in [0.1, 0.15) is 19.3 Å². The van der Waals surface area contributed by atoms with Gasteiger partial charge in [0.1, 0.15) is 5.71 Å². The van der Waals surface area contributed by atoms with Gasteiger partial charge in [0.05, 0.1) is 28.3 Å². The maximum atomic E-state index is 12.4. The lowest BCUT2D eigenvalue weighted by atomic mass is 10.1. The zero-order chi connectivity index (χ0) is 18.2. The fourth-order valence-corrected chi connectivity index (χ4v) is 4.92. The fraction of sp³-hybridized carbons (Fsp3) is 0.400. The van der Waals surface area contributed by atoms with Crippen molar-refractivity contribution in [2.75, 3.05) is 16.8 Å². The molecule has 0 aromatic heterocycles. The number of nitrogens with one attached hydrogen (secondary N) is 1. The van der Waals surface area contributed by atoms with E-state index in [0.717, 1.165) is 5.01 Å². The van der Waals surface area contributed by atoms with Crippen LogP contribution in [0.25, 0.3) is 0 Å². The molecule has 0 bridgehead atoms. The Morgan fingerprint density at radius 1 is 1.28 bits per heavy atom. The highest BCUT2D eigenvalue weighted by Crippen LogP contribution is 2.26. The van der Waals surface area contributed by atoms with Crippen molar-refractivity contribution in [3.63, 3.8) is 0 Å². The minimum absolute atomic E-state index is 0.0267. The third kappa shape index (κ3) is 4.13. The molecule has 134 valence electrons. The molecule has 0 saturated carbocycles. The second-order valence-corrected chi connectivity index (χ2v) is 8.99. The van der Waals surface area contributed by atoms with Crippen LogP contribution < -0.4 is 5.32 Å². The van der Waals surface area contributed by atoms with Gasteiger partial charge in [-0.05, 0) is 24.6 Å². The third-order valence-electron chi connectivity index (χ3n) is 4.06. The summed E-state index contributed by atoms with van der Waals surface area (Å²) in [6.45, 7) is 0. The van der Waals surface area contributed by atoms with E-state index in [1.165, 1.54) is 6.07 Å². The second-order valence-electron chi connectivity index (χ2n) is 5.92. The van der Waals surface area contributed by atoms with Crippen LogP contribution in [-0.4, -0.2) is 48.5 Å². The quantitative estimate of drug-likeness (QED) is 0.835. The molecule has 2 amide bonds. The van der Waals surface area contributed by atoms with E-state index in [2.05, 4.69) is 10.4 Å². The van der Waals surface area contributed by atoms with E-state index in [1.807, 2.05) is 0 Å². The Bertz CT molecular complexity index is 870. The molecule has 3 rings (SSSR count). The summed E-state index contributed by atoms with van der Waals surface area (Å²) < 4.78 is 23.2. The van der Waals surface area contributed by atoms with Gasteiger partial charge < -0.3 is 5.32 Å². The number of hydrazone groups is 1. The van der Waals surface area contributed by atoms with E-state index in [9.17, 15) is 18.0 Å². The van der Waals surface area contributed by atoms with Crippen molar-refractivity contribution >= 4 is 56.3 Å². The number of halogens is 2. The average molecular weight is 404 g/mol. The second kappa shape index (κ2) is 6.93. The van der Waals surface area contributed by atoms with Gasteiger partial charge in [0.15, 0.2) is 9.84 Å². The molecule has 0 radical (unpaired) electrons. The molecule has 1 N–H and O–H groups in total. The van der Waals surface area contributed by atoms with Crippen molar-refractivity contribution in [3.05, 3.63) is 28.2 Å². The highest BCUT2D eigenvalue weighted by Gasteiger charge is 2.37. The van der Waals surface area contributed by atoms with Crippen LogP contribution in [0.15, 0.2) is 23.3 Å². The zero-order valence-corrected chi connectivity index (χ0v) is 15.4. The van der Waals surface area contributed by atoms with E-state index < -0.39 is 21.8 Å². The molecule has 1 aromatic rings. The van der Waals surface area contributed by atoms with Crippen molar-refractivity contribution in [1.82, 2.24) is 5.01 Å². The van der Waals surface area contributed by atoms with Gasteiger partial charge in [0, 0.05) is 17.9 Å². The van der Waals surface area contributed by atoms with Gasteiger partial charge in [-0.3, -0.25) is 9.59 Å². The number of sulfone groups is 1. The van der Waals surface area contributed by atoms with E-state index in [0.29, 0.717) is 17.1 Å². The summed E-state index contributed by atoms with van der Waals surface area (Å²) in [5, 5.41) is 8.61. The minimum Gasteiger partial charge on any atom is -0.320 e. The summed E-state index contributed by atoms with van der Waals surface area (Å²) >= 11 is 11.8. The summed E-state index contributed by atoms with van der Waals surface area (Å²) in [6.07, 6.45) is 0.623. The molecule has 2 aliphatic heterocycles. The van der Waals surface area contributed by atoms with Crippen molar-refractivity contribution < 1.29 is 18.0 Å². The number of hydrogen-bond acceptors (Lipinski definition) is 5. The van der Waals surface area contributed by atoms with Gasteiger partial charge in [0.25, 0.3) is 5.91 Å². The van der Waals surface area contributed by atoms with E-state index in [4.69, 9.17) is 23.2 Å². The molecular weight excluding hydrogens is 389 g/mol. The van der Waals surface area contributed by atoms with Crippen molar-refractivity contribution in [2.45, 2.75) is 25.3 Å². The van der Waals surface area contributed by atoms with Crippen molar-refractivity contribution in [2.24, 2.45) is 5.10 Å². The molecule has 2 heterocycles. The molecule has 7 nitrogen and oxygen atoms in total. The molecule has 1 atom stereocenters. The normalized spacial score (nSPS) is 22.6. The first-order valence-electron chi connectivity index (χ1n) is 7.61. The van der Waals surface area contributed by atoms with E-state index in [1.54, 1.807) is 12.1 Å². The topological polar surface area (TPSA) is 95.9 Å². The molecule has 10 heteroatoms. The Balaban J connectivity index is 1.77. The lowest BCUT2D eigenvalue weighted by Crippen LogP contribution is -2.42. The zero-order valence-electron chi connectivity index (χ0n) is 13.0. The van der Waals surface area contributed by atoms with Crippen LogP contribution in [0.5, 0.6) is 0 Å². The summed E-state index contributed by atoms with van der Waals surface area (Å²) in [5.74, 6) is -0.857. The van der Waals surface area contributed by atoms with Crippen LogP contribution in [-0.2, 0) is 19.4 Å². The molecule has 1 saturated heterocycles. The molecule has 0 spiro atoms. The highest BCUT2D eigenvalue weighted by molar-refractivity contribution is 7.91. The number of carbonyl (C=O) groups excluding carboxylic acids is 2. The van der Waals surface area contributed by atoms with Crippen molar-refractivity contribution in [3.8, 4) is 0 Å². The van der Waals surface area contributed by atoms with Gasteiger partial charge in [-0.2, -0.15) is 5.10 Å². The predicted octanol–water partition coefficient (Wildman–Crippen LogP) is 2.10. The van der Waals surface area contributed by atoms with E-state index >= 15 is 0 Å². The Labute approximate surface area is 154 Å². The van der Waals surface area contributed by atoms with Crippen LogP contribution in [0.3, 0.4) is 0 Å². The fourth-order valence-electron chi connectivity index (χ4n) is 2.77. The molecule has 0 aliphatic carbocycles. The van der Waals surface area contributed by atoms with E-state index in [-0.39, 0.29) is 41.0 Å². The number of hydrogen-bond donors (Lipinski definition) is 1. The summed E-state index contributed by atoms with van der Waals surface area (Å²) in [7, 11) is -3.16. The first-order chi connectivity index (χ1) is 11.7. The number of benzene rings is 1. The maximum Gasteiger partial charge on any atom is 0.271 e. The molecular formula is C15H15Cl2N3O4S. The lowest BCUT2D eigenvalue weighted by Gasteiger charge is -2.27. The van der Waals surface area contributed by atoms with Crippen molar-refractivity contribution in [1.29, 1.82) is 0 Å². The summed E-state index contributed by atoms with van der Waals surface area (Å²) in [5.41, 5.74) is 0.542. The predicted molar refractivity (Wildman–Crippen MR) is 95.7 cm³/mol. The molecule has 1 aromatic carbocycles.